The molecule has 0 aliphatic carbocycles. The highest BCUT2D eigenvalue weighted by molar-refractivity contribution is 6.04. The fourth-order valence-corrected chi connectivity index (χ4v) is 4.55. The maximum Gasteiger partial charge on any atom is 0.257 e. The molecule has 2 amide bonds. The molecule has 5 rings (SSSR count). The number of hydrogen-bond donors (Lipinski definition) is 1. The number of hydrazine groups is 1. The number of carbonyl (C=O) groups excluding carboxylic acids is 2. The smallest absolute Gasteiger partial charge is 0.257 e. The highest BCUT2D eigenvalue weighted by atomic mass is 16.5. The van der Waals surface area contributed by atoms with Crippen molar-refractivity contribution in [3.8, 4) is 11.5 Å². The minimum Gasteiger partial charge on any atom is -0.497 e. The van der Waals surface area contributed by atoms with Gasteiger partial charge >= 0.3 is 0 Å². The summed E-state index contributed by atoms with van der Waals surface area (Å²) >= 11 is 0. The lowest BCUT2D eigenvalue weighted by Gasteiger charge is -2.37. The molecule has 1 aromatic heterocycles. The zero-order valence-corrected chi connectivity index (χ0v) is 19.1. The van der Waals surface area contributed by atoms with Crippen LogP contribution < -0.4 is 19.9 Å². The summed E-state index contributed by atoms with van der Waals surface area (Å²) in [6.07, 6.45) is 3.33. The van der Waals surface area contributed by atoms with Crippen molar-refractivity contribution in [2.75, 3.05) is 19.2 Å². The lowest BCUT2D eigenvalue weighted by molar-refractivity contribution is -0.133. The predicted octanol–water partition coefficient (Wildman–Crippen LogP) is 2.57. The normalized spacial score (nSPS) is 19.6. The van der Waals surface area contributed by atoms with E-state index in [0.717, 1.165) is 11.3 Å². The van der Waals surface area contributed by atoms with Crippen LogP contribution in [0.5, 0.6) is 11.5 Å². The van der Waals surface area contributed by atoms with Gasteiger partial charge in [0.1, 0.15) is 23.1 Å². The maximum absolute atomic E-state index is 13.8. The number of aromatic nitrogens is 2. The van der Waals surface area contributed by atoms with Crippen molar-refractivity contribution in [3.63, 3.8) is 0 Å². The molecule has 174 valence electrons. The molecule has 2 unspecified atom stereocenters. The summed E-state index contributed by atoms with van der Waals surface area (Å²) < 4.78 is 12.5. The van der Waals surface area contributed by atoms with E-state index in [1.165, 1.54) is 11.1 Å². The fourth-order valence-electron chi connectivity index (χ4n) is 4.55. The van der Waals surface area contributed by atoms with Gasteiger partial charge < -0.3 is 14.4 Å². The molecule has 0 spiro atoms. The van der Waals surface area contributed by atoms with Crippen LogP contribution in [0.4, 0.5) is 5.69 Å². The van der Waals surface area contributed by atoms with Crippen molar-refractivity contribution in [1.82, 2.24) is 20.1 Å². The second-order valence-corrected chi connectivity index (χ2v) is 8.20. The number of methoxy groups -OCH3 is 2. The van der Waals surface area contributed by atoms with Crippen LogP contribution in [0.15, 0.2) is 72.6 Å². The zero-order valence-electron chi connectivity index (χ0n) is 19.1. The van der Waals surface area contributed by atoms with E-state index >= 15 is 0 Å². The maximum atomic E-state index is 13.8. The third-order valence-electron chi connectivity index (χ3n) is 6.16. The van der Waals surface area contributed by atoms with Gasteiger partial charge in [-0.05, 0) is 35.9 Å². The molecule has 0 bridgehead atoms. The quantitative estimate of drug-likeness (QED) is 0.610. The van der Waals surface area contributed by atoms with E-state index < -0.39 is 12.0 Å². The lowest BCUT2D eigenvalue weighted by atomic mass is 9.86. The Hall–Kier alpha value is -4.27. The van der Waals surface area contributed by atoms with Crippen LogP contribution in [-0.2, 0) is 23.2 Å². The zero-order chi connectivity index (χ0) is 23.8. The molecule has 0 saturated carbocycles. The number of para-hydroxylation sites is 2. The predicted molar refractivity (Wildman–Crippen MR) is 125 cm³/mol. The lowest BCUT2D eigenvalue weighted by Crippen LogP contribution is -2.43. The second kappa shape index (κ2) is 8.58. The highest BCUT2D eigenvalue weighted by Crippen LogP contribution is 2.43. The van der Waals surface area contributed by atoms with Crippen molar-refractivity contribution < 1.29 is 19.1 Å². The Bertz CT molecular complexity index is 1270. The Morgan fingerprint density at radius 3 is 2.44 bits per heavy atom. The van der Waals surface area contributed by atoms with Crippen LogP contribution in [0.3, 0.4) is 0 Å². The first-order valence-corrected chi connectivity index (χ1v) is 10.9. The van der Waals surface area contributed by atoms with Crippen LogP contribution in [0.2, 0.25) is 0 Å². The third-order valence-corrected chi connectivity index (χ3v) is 6.16. The van der Waals surface area contributed by atoms with E-state index in [2.05, 4.69) is 10.5 Å². The first-order chi connectivity index (χ1) is 16.5. The minimum absolute atomic E-state index is 0.171. The first-order valence-electron chi connectivity index (χ1n) is 10.9. The summed E-state index contributed by atoms with van der Waals surface area (Å²) in [5, 5.41) is 5.90. The molecule has 34 heavy (non-hydrogen) atoms. The van der Waals surface area contributed by atoms with Gasteiger partial charge in [0.15, 0.2) is 0 Å². The van der Waals surface area contributed by atoms with Gasteiger partial charge in [0, 0.05) is 19.3 Å². The van der Waals surface area contributed by atoms with Crippen LogP contribution in [0, 0.1) is 5.92 Å². The Morgan fingerprint density at radius 2 is 1.76 bits per heavy atom. The Balaban J connectivity index is 1.58. The van der Waals surface area contributed by atoms with Crippen LogP contribution >= 0.6 is 0 Å². The number of hydrogen-bond acceptors (Lipinski definition) is 6. The molecule has 0 radical (unpaired) electrons. The van der Waals surface area contributed by atoms with Crippen LogP contribution in [-0.4, -0.2) is 40.7 Å². The Kier molecular flexibility index (Phi) is 5.45. The fraction of sp³-hybridized carbons (Fsp3) is 0.240. The molecular weight excluding hydrogens is 434 g/mol. The molecular formula is C25H25N5O4. The van der Waals surface area contributed by atoms with Gasteiger partial charge in [-0.3, -0.25) is 19.7 Å². The van der Waals surface area contributed by atoms with Crippen molar-refractivity contribution in [2.24, 2.45) is 13.0 Å². The van der Waals surface area contributed by atoms with E-state index in [9.17, 15) is 9.59 Å². The van der Waals surface area contributed by atoms with Crippen LogP contribution in [0.1, 0.15) is 17.3 Å². The van der Waals surface area contributed by atoms with Gasteiger partial charge in [0.05, 0.1) is 38.2 Å². The van der Waals surface area contributed by atoms with E-state index in [1.807, 2.05) is 55.7 Å². The van der Waals surface area contributed by atoms with Gasteiger partial charge in [-0.15, -0.1) is 0 Å². The molecule has 3 heterocycles. The largest absolute Gasteiger partial charge is 0.497 e. The van der Waals surface area contributed by atoms with Gasteiger partial charge in [-0.2, -0.15) is 5.10 Å². The summed E-state index contributed by atoms with van der Waals surface area (Å²) in [6, 6.07) is 16.1. The highest BCUT2D eigenvalue weighted by Gasteiger charge is 2.49. The summed E-state index contributed by atoms with van der Waals surface area (Å²) in [5.74, 6) is 0.277. The number of rotatable bonds is 6. The molecule has 9 heteroatoms. The van der Waals surface area contributed by atoms with Gasteiger partial charge in [0.2, 0.25) is 5.91 Å². The summed E-state index contributed by atoms with van der Waals surface area (Å²) in [5.41, 5.74) is 5.86. The van der Waals surface area contributed by atoms with E-state index in [0.29, 0.717) is 22.9 Å². The van der Waals surface area contributed by atoms with Crippen molar-refractivity contribution in [3.05, 3.63) is 83.8 Å². The summed E-state index contributed by atoms with van der Waals surface area (Å²) in [6.45, 7) is 0.276. The SMILES string of the molecule is COc1ccc(C2C3C(=O)N(c4ccccc4OC)NC3=CC(=O)N2Cc2ccn(C)n2)cc1. The number of amides is 2. The number of nitrogens with zero attached hydrogens (tertiary/aromatic N) is 4. The first kappa shape index (κ1) is 21.6. The van der Waals surface area contributed by atoms with Crippen molar-refractivity contribution in [2.45, 2.75) is 12.6 Å². The van der Waals surface area contributed by atoms with Gasteiger partial charge in [-0.25, -0.2) is 5.01 Å². The van der Waals surface area contributed by atoms with E-state index in [1.54, 1.807) is 35.9 Å². The number of benzene rings is 2. The molecule has 1 fully saturated rings. The Morgan fingerprint density at radius 1 is 1.00 bits per heavy atom. The monoisotopic (exact) mass is 459 g/mol. The molecule has 2 aliphatic heterocycles. The van der Waals surface area contributed by atoms with Crippen molar-refractivity contribution >= 4 is 17.5 Å². The number of fused-ring (bicyclic) bond motifs is 1. The average Bonchev–Trinajstić information content (AvgIpc) is 3.41. The van der Waals surface area contributed by atoms with Gasteiger partial charge in [-0.1, -0.05) is 24.3 Å². The van der Waals surface area contributed by atoms with Gasteiger partial charge in [0.25, 0.3) is 5.91 Å². The standard InChI is InChI=1S/C25H25N5O4/c1-28-13-12-17(26-28)15-29-22(31)14-19-23(24(29)16-8-10-18(33-2)11-9-16)25(32)30(27-19)20-6-4-5-7-21(20)34-3/h4-14,23-24,27H,15H2,1-3H3. The molecule has 9 nitrogen and oxygen atoms in total. The number of aryl methyl sites for hydroxylation is 1. The number of ether oxygens (including phenoxy) is 2. The van der Waals surface area contributed by atoms with Crippen LogP contribution in [0.25, 0.3) is 0 Å². The Labute approximate surface area is 197 Å². The molecule has 2 aliphatic rings. The number of nitrogens with one attached hydrogen (secondary N) is 1. The number of carbonyl (C=O) groups is 2. The summed E-state index contributed by atoms with van der Waals surface area (Å²) in [7, 11) is 4.99. The van der Waals surface area contributed by atoms with Crippen molar-refractivity contribution in [1.29, 1.82) is 0 Å². The third kappa shape index (κ3) is 3.64. The molecule has 3 aromatic rings. The summed E-state index contributed by atoms with van der Waals surface area (Å²) in [4.78, 5) is 28.8. The minimum atomic E-state index is -0.611. The second-order valence-electron chi connectivity index (χ2n) is 8.20. The topological polar surface area (TPSA) is 88.9 Å². The van der Waals surface area contributed by atoms with E-state index in [-0.39, 0.29) is 18.4 Å². The molecule has 2 aromatic carbocycles. The average molecular weight is 460 g/mol. The molecule has 1 saturated heterocycles. The number of anilines is 1. The van der Waals surface area contributed by atoms with E-state index in [4.69, 9.17) is 9.47 Å². The molecule has 1 N–H and O–H groups in total. The molecule has 2 atom stereocenters.